The van der Waals surface area contributed by atoms with Gasteiger partial charge in [-0.1, -0.05) is 0 Å². The molecule has 5 unspecified atom stereocenters. The van der Waals surface area contributed by atoms with Gasteiger partial charge >= 0.3 is 0 Å². The number of carbonyl (C=O) groups is 1. The van der Waals surface area contributed by atoms with Crippen LogP contribution < -0.4 is 0 Å². The number of ketones is 1. The average Bonchev–Trinajstić information content (AvgIpc) is 2.55. The molecule has 8 nitrogen and oxygen atoms in total. The van der Waals surface area contributed by atoms with Crippen LogP contribution >= 0.6 is 0 Å². The largest absolute Gasteiger partial charge is 0.508 e. The number of hydrogen-bond donors (Lipinski definition) is 5. The van der Waals surface area contributed by atoms with Gasteiger partial charge in [0.25, 0.3) is 0 Å². The van der Waals surface area contributed by atoms with Gasteiger partial charge in [0.2, 0.25) is 0 Å². The predicted octanol–water partition coefficient (Wildman–Crippen LogP) is -1.22. The lowest BCUT2D eigenvalue weighted by atomic mass is 9.99. The summed E-state index contributed by atoms with van der Waals surface area (Å²) in [4.78, 5) is 11.9. The summed E-state index contributed by atoms with van der Waals surface area (Å²) < 4.78 is 10.4. The zero-order valence-corrected chi connectivity index (χ0v) is 12.3. The highest BCUT2D eigenvalue weighted by Crippen LogP contribution is 2.22. The van der Waals surface area contributed by atoms with Crippen LogP contribution in [0.15, 0.2) is 24.3 Å². The predicted molar refractivity (Wildman–Crippen MR) is 76.8 cm³/mol. The number of phenols is 1. The van der Waals surface area contributed by atoms with Crippen LogP contribution in [0, 0.1) is 0 Å². The zero-order valence-electron chi connectivity index (χ0n) is 12.3. The van der Waals surface area contributed by atoms with Gasteiger partial charge in [-0.2, -0.15) is 0 Å². The number of carbonyl (C=O) groups excluding carboxylic acids is 1. The molecule has 1 fully saturated rings. The van der Waals surface area contributed by atoms with E-state index in [1.807, 2.05) is 0 Å². The summed E-state index contributed by atoms with van der Waals surface area (Å²) >= 11 is 0. The van der Waals surface area contributed by atoms with Crippen molar-refractivity contribution < 1.29 is 39.8 Å². The molecule has 1 aromatic carbocycles. The van der Waals surface area contributed by atoms with Crippen LogP contribution in [0.4, 0.5) is 0 Å². The Balaban J connectivity index is 1.85. The third-order valence-corrected chi connectivity index (χ3v) is 3.65. The van der Waals surface area contributed by atoms with Crippen LogP contribution in [0.5, 0.6) is 5.75 Å². The molecule has 0 bridgehead atoms. The highest BCUT2D eigenvalue weighted by molar-refractivity contribution is 5.96. The lowest BCUT2D eigenvalue weighted by molar-refractivity contribution is -0.300. The topological polar surface area (TPSA) is 137 Å². The molecule has 128 valence electrons. The molecule has 0 amide bonds. The summed E-state index contributed by atoms with van der Waals surface area (Å²) in [7, 11) is 0. The Morgan fingerprint density at radius 2 is 1.74 bits per heavy atom. The van der Waals surface area contributed by atoms with E-state index < -0.39 is 37.3 Å². The summed E-state index contributed by atoms with van der Waals surface area (Å²) in [6.07, 6.45) is -6.76. The zero-order chi connectivity index (χ0) is 17.0. The summed E-state index contributed by atoms with van der Waals surface area (Å²) in [6, 6.07) is 5.74. The third kappa shape index (κ3) is 4.25. The van der Waals surface area contributed by atoms with Crippen molar-refractivity contribution in [3.8, 4) is 5.75 Å². The average molecular weight is 328 g/mol. The molecule has 1 aliphatic rings. The van der Waals surface area contributed by atoms with Crippen molar-refractivity contribution in [1.82, 2.24) is 0 Å². The lowest BCUT2D eigenvalue weighted by Gasteiger charge is -2.39. The Bertz CT molecular complexity index is 515. The summed E-state index contributed by atoms with van der Waals surface area (Å²) in [5.74, 6) is -0.172. The molecule has 0 aromatic heterocycles. The molecule has 5 atom stereocenters. The summed E-state index contributed by atoms with van der Waals surface area (Å²) in [5, 5.41) is 47.3. The van der Waals surface area contributed by atoms with Gasteiger partial charge in [0.15, 0.2) is 12.1 Å². The Labute approximate surface area is 132 Å². The van der Waals surface area contributed by atoms with Gasteiger partial charge in [0, 0.05) is 12.0 Å². The molecule has 2 rings (SSSR count). The van der Waals surface area contributed by atoms with E-state index >= 15 is 0 Å². The van der Waals surface area contributed by atoms with E-state index in [-0.39, 0.29) is 24.6 Å². The lowest BCUT2D eigenvalue weighted by Crippen LogP contribution is -2.59. The van der Waals surface area contributed by atoms with Gasteiger partial charge in [-0.05, 0) is 24.3 Å². The number of benzene rings is 1. The first-order chi connectivity index (χ1) is 10.9. The van der Waals surface area contributed by atoms with Crippen molar-refractivity contribution in [3.63, 3.8) is 0 Å². The monoisotopic (exact) mass is 328 g/mol. The van der Waals surface area contributed by atoms with Gasteiger partial charge < -0.3 is 35.0 Å². The molecule has 0 radical (unpaired) electrons. The molecule has 0 aliphatic carbocycles. The van der Waals surface area contributed by atoms with Gasteiger partial charge in [0.1, 0.15) is 30.2 Å². The fourth-order valence-electron chi connectivity index (χ4n) is 2.26. The maximum Gasteiger partial charge on any atom is 0.186 e. The van der Waals surface area contributed by atoms with Gasteiger partial charge in [-0.3, -0.25) is 4.79 Å². The van der Waals surface area contributed by atoms with Gasteiger partial charge in [0.05, 0.1) is 13.2 Å². The number of ether oxygens (including phenoxy) is 2. The Morgan fingerprint density at radius 1 is 1.09 bits per heavy atom. The van der Waals surface area contributed by atoms with E-state index in [1.165, 1.54) is 24.3 Å². The third-order valence-electron chi connectivity index (χ3n) is 3.65. The fourth-order valence-corrected chi connectivity index (χ4v) is 2.26. The molecule has 1 saturated heterocycles. The van der Waals surface area contributed by atoms with E-state index in [2.05, 4.69) is 0 Å². The smallest absolute Gasteiger partial charge is 0.186 e. The van der Waals surface area contributed by atoms with Crippen LogP contribution in [0.3, 0.4) is 0 Å². The van der Waals surface area contributed by atoms with Crippen molar-refractivity contribution in [2.75, 3.05) is 13.2 Å². The molecule has 0 spiro atoms. The van der Waals surface area contributed by atoms with E-state index in [0.29, 0.717) is 5.56 Å². The molecule has 5 N–H and O–H groups in total. The maximum atomic E-state index is 11.9. The van der Waals surface area contributed by atoms with Gasteiger partial charge in [-0.25, -0.2) is 0 Å². The molecule has 0 saturated carbocycles. The number of rotatable bonds is 6. The maximum absolute atomic E-state index is 11.9. The van der Waals surface area contributed by atoms with Crippen molar-refractivity contribution in [2.45, 2.75) is 37.1 Å². The number of aliphatic hydroxyl groups is 4. The van der Waals surface area contributed by atoms with E-state index in [1.54, 1.807) is 0 Å². The minimum absolute atomic E-state index is 0.000203. The second kappa shape index (κ2) is 7.82. The molecule has 23 heavy (non-hydrogen) atoms. The Hall–Kier alpha value is -1.55. The van der Waals surface area contributed by atoms with Crippen LogP contribution in [0.1, 0.15) is 16.8 Å². The van der Waals surface area contributed by atoms with Crippen molar-refractivity contribution >= 4 is 5.78 Å². The second-order valence-corrected chi connectivity index (χ2v) is 5.29. The number of phenolic OH excluding ortho intramolecular Hbond substituents is 1. The number of hydrogen-bond acceptors (Lipinski definition) is 8. The first kappa shape index (κ1) is 17.8. The highest BCUT2D eigenvalue weighted by Gasteiger charge is 2.43. The Morgan fingerprint density at radius 3 is 2.35 bits per heavy atom. The Kier molecular flexibility index (Phi) is 6.05. The number of Topliss-reactive ketones (excluding diaryl/α,β-unsaturated/α-hetero) is 1. The minimum Gasteiger partial charge on any atom is -0.508 e. The molecule has 8 heteroatoms. The van der Waals surface area contributed by atoms with Crippen molar-refractivity contribution in [1.29, 1.82) is 0 Å². The number of aromatic hydroxyl groups is 1. The normalized spacial score (nSPS) is 31.0. The molecular formula is C15H20O8. The first-order valence-corrected chi connectivity index (χ1v) is 7.18. The van der Waals surface area contributed by atoms with Crippen LogP contribution in [-0.2, 0) is 9.47 Å². The molecule has 1 aliphatic heterocycles. The molecular weight excluding hydrogens is 308 g/mol. The first-order valence-electron chi connectivity index (χ1n) is 7.18. The summed E-state index contributed by atoms with van der Waals surface area (Å²) in [6.45, 7) is -0.625. The SMILES string of the molecule is O=C(CCOC1OC(CO)C(O)C(O)C1O)c1ccc(O)cc1. The highest BCUT2D eigenvalue weighted by atomic mass is 16.7. The molecule has 1 heterocycles. The minimum atomic E-state index is -1.52. The van der Waals surface area contributed by atoms with E-state index in [9.17, 15) is 20.1 Å². The van der Waals surface area contributed by atoms with Crippen molar-refractivity contribution in [3.05, 3.63) is 29.8 Å². The van der Waals surface area contributed by atoms with Crippen LogP contribution in [0.2, 0.25) is 0 Å². The quantitative estimate of drug-likeness (QED) is 0.410. The summed E-state index contributed by atoms with van der Waals surface area (Å²) in [5.41, 5.74) is 0.403. The standard InChI is InChI=1S/C15H20O8/c16-7-11-12(19)13(20)14(21)15(23-11)22-6-5-10(18)8-1-3-9(17)4-2-8/h1-4,11-17,19-21H,5-7H2. The van der Waals surface area contributed by atoms with E-state index in [4.69, 9.17) is 19.7 Å². The second-order valence-electron chi connectivity index (χ2n) is 5.29. The van der Waals surface area contributed by atoms with E-state index in [0.717, 1.165) is 0 Å². The van der Waals surface area contributed by atoms with Crippen LogP contribution in [-0.4, -0.2) is 75.2 Å². The number of aliphatic hydroxyl groups excluding tert-OH is 4. The van der Waals surface area contributed by atoms with Crippen LogP contribution in [0.25, 0.3) is 0 Å². The van der Waals surface area contributed by atoms with Gasteiger partial charge in [-0.15, -0.1) is 0 Å². The van der Waals surface area contributed by atoms with Crippen molar-refractivity contribution in [2.24, 2.45) is 0 Å². The molecule has 1 aromatic rings. The fraction of sp³-hybridized carbons (Fsp3) is 0.533.